The van der Waals surface area contributed by atoms with Crippen LogP contribution in [0.25, 0.3) is 10.8 Å². The van der Waals surface area contributed by atoms with E-state index in [9.17, 15) is 0 Å². The molecule has 19 heavy (non-hydrogen) atoms. The monoisotopic (exact) mass is 251 g/mol. The fourth-order valence-corrected chi connectivity index (χ4v) is 1.84. The number of rotatable bonds is 3. The maximum atomic E-state index is 5.62. The molecule has 4 nitrogen and oxygen atoms in total. The van der Waals surface area contributed by atoms with Crippen molar-refractivity contribution in [2.24, 2.45) is 5.73 Å². The van der Waals surface area contributed by atoms with Crippen molar-refractivity contribution in [1.82, 2.24) is 9.97 Å². The predicted octanol–water partition coefficient (Wildman–Crippen LogP) is 2.88. The summed E-state index contributed by atoms with van der Waals surface area (Å²) in [7, 11) is 0. The molecule has 0 saturated carbocycles. The van der Waals surface area contributed by atoms with Crippen LogP contribution in [-0.2, 0) is 6.54 Å². The van der Waals surface area contributed by atoms with Crippen LogP contribution < -0.4 is 10.5 Å². The van der Waals surface area contributed by atoms with Crippen LogP contribution in [0.4, 0.5) is 0 Å². The molecule has 2 N–H and O–H groups in total. The molecule has 0 aliphatic heterocycles. The number of ether oxygens (including phenoxy) is 1. The Labute approximate surface area is 110 Å². The van der Waals surface area contributed by atoms with E-state index in [1.807, 2.05) is 36.4 Å². The van der Waals surface area contributed by atoms with E-state index in [1.165, 1.54) is 5.39 Å². The van der Waals surface area contributed by atoms with E-state index >= 15 is 0 Å². The Balaban J connectivity index is 1.87. The number of fused-ring (bicyclic) bond motifs is 1. The Bertz CT molecular complexity index is 695. The highest BCUT2D eigenvalue weighted by Gasteiger charge is 2.01. The molecule has 0 spiro atoms. The molecule has 1 heterocycles. The van der Waals surface area contributed by atoms with Crippen molar-refractivity contribution in [3.63, 3.8) is 0 Å². The fraction of sp³-hybridized carbons (Fsp3) is 0.0667. The Morgan fingerprint density at radius 1 is 0.947 bits per heavy atom. The van der Waals surface area contributed by atoms with Crippen molar-refractivity contribution < 1.29 is 4.74 Å². The third-order valence-corrected chi connectivity index (χ3v) is 2.85. The third-order valence-electron chi connectivity index (χ3n) is 2.85. The zero-order chi connectivity index (χ0) is 13.1. The molecule has 4 heteroatoms. The highest BCUT2D eigenvalue weighted by atomic mass is 16.5. The topological polar surface area (TPSA) is 61.0 Å². The zero-order valence-electron chi connectivity index (χ0n) is 10.3. The average molecular weight is 251 g/mol. The van der Waals surface area contributed by atoms with E-state index in [-0.39, 0.29) is 0 Å². The third kappa shape index (κ3) is 2.53. The molecular weight excluding hydrogens is 238 g/mol. The number of benzene rings is 2. The lowest BCUT2D eigenvalue weighted by atomic mass is 10.1. The highest BCUT2D eigenvalue weighted by Crippen LogP contribution is 2.23. The standard InChI is InChI=1S/C15H13N3O/c16-8-11-9-17-15(18-10-11)19-14-6-5-12-3-1-2-4-13(12)7-14/h1-7,9-10H,8,16H2. The van der Waals surface area contributed by atoms with Crippen LogP contribution in [0.2, 0.25) is 0 Å². The molecule has 2 aromatic carbocycles. The lowest BCUT2D eigenvalue weighted by Gasteiger charge is -2.05. The number of nitrogens with zero attached hydrogens (tertiary/aromatic N) is 2. The van der Waals surface area contributed by atoms with E-state index in [0.717, 1.165) is 16.7 Å². The minimum atomic E-state index is 0.326. The summed E-state index contributed by atoms with van der Waals surface area (Å²) in [6.45, 7) is 0.427. The minimum absolute atomic E-state index is 0.326. The van der Waals surface area contributed by atoms with Crippen molar-refractivity contribution in [3.05, 3.63) is 60.4 Å². The van der Waals surface area contributed by atoms with E-state index in [1.54, 1.807) is 12.4 Å². The van der Waals surface area contributed by atoms with Crippen molar-refractivity contribution in [2.75, 3.05) is 0 Å². The van der Waals surface area contributed by atoms with E-state index < -0.39 is 0 Å². The van der Waals surface area contributed by atoms with Crippen LogP contribution in [-0.4, -0.2) is 9.97 Å². The van der Waals surface area contributed by atoms with Crippen LogP contribution in [0.1, 0.15) is 5.56 Å². The summed E-state index contributed by atoms with van der Waals surface area (Å²) in [4.78, 5) is 8.22. The van der Waals surface area contributed by atoms with E-state index in [2.05, 4.69) is 16.0 Å². The molecule has 0 unspecified atom stereocenters. The highest BCUT2D eigenvalue weighted by molar-refractivity contribution is 5.83. The lowest BCUT2D eigenvalue weighted by Crippen LogP contribution is -1.99. The van der Waals surface area contributed by atoms with Crippen molar-refractivity contribution in [3.8, 4) is 11.8 Å². The molecule has 94 valence electrons. The molecule has 3 aromatic rings. The summed E-state index contributed by atoms with van der Waals surface area (Å²) in [5.41, 5.74) is 6.37. The van der Waals surface area contributed by atoms with Crippen molar-refractivity contribution in [2.45, 2.75) is 6.54 Å². The molecule has 0 radical (unpaired) electrons. The normalized spacial score (nSPS) is 10.6. The zero-order valence-corrected chi connectivity index (χ0v) is 10.3. The molecule has 0 amide bonds. The van der Waals surface area contributed by atoms with Gasteiger partial charge in [0.2, 0.25) is 0 Å². The number of nitrogens with two attached hydrogens (primary N) is 1. The summed E-state index contributed by atoms with van der Waals surface area (Å²) in [6, 6.07) is 14.3. The number of aromatic nitrogens is 2. The fourth-order valence-electron chi connectivity index (χ4n) is 1.84. The van der Waals surface area contributed by atoms with Gasteiger partial charge in [0.1, 0.15) is 5.75 Å². The van der Waals surface area contributed by atoms with E-state index in [0.29, 0.717) is 12.6 Å². The van der Waals surface area contributed by atoms with Crippen LogP contribution in [0.15, 0.2) is 54.9 Å². The van der Waals surface area contributed by atoms with Gasteiger partial charge < -0.3 is 10.5 Å². The van der Waals surface area contributed by atoms with E-state index in [4.69, 9.17) is 10.5 Å². The summed E-state index contributed by atoms with van der Waals surface area (Å²) < 4.78 is 5.62. The smallest absolute Gasteiger partial charge is 0.321 e. The molecule has 0 fully saturated rings. The average Bonchev–Trinajstić information content (AvgIpc) is 2.48. The minimum Gasteiger partial charge on any atom is -0.424 e. The van der Waals surface area contributed by atoms with Crippen molar-refractivity contribution >= 4 is 10.8 Å². The van der Waals surface area contributed by atoms with Gasteiger partial charge in [-0.1, -0.05) is 30.3 Å². The molecule has 0 bridgehead atoms. The van der Waals surface area contributed by atoms with Gasteiger partial charge >= 0.3 is 6.01 Å². The maximum Gasteiger partial charge on any atom is 0.321 e. The van der Waals surface area contributed by atoms with Gasteiger partial charge in [0.25, 0.3) is 0 Å². The number of hydrogen-bond acceptors (Lipinski definition) is 4. The SMILES string of the molecule is NCc1cnc(Oc2ccc3ccccc3c2)nc1. The second-order valence-corrected chi connectivity index (χ2v) is 4.19. The van der Waals surface area contributed by atoms with Gasteiger partial charge in [0, 0.05) is 24.5 Å². The quantitative estimate of drug-likeness (QED) is 0.777. The van der Waals surface area contributed by atoms with Crippen molar-refractivity contribution in [1.29, 1.82) is 0 Å². The first-order chi connectivity index (χ1) is 9.35. The Morgan fingerprint density at radius 2 is 1.68 bits per heavy atom. The van der Waals surface area contributed by atoms with Gasteiger partial charge in [0.05, 0.1) is 0 Å². The van der Waals surface area contributed by atoms with Gasteiger partial charge in [-0.05, 0) is 22.9 Å². The van der Waals surface area contributed by atoms with Crippen LogP contribution in [0, 0.1) is 0 Å². The summed E-state index contributed by atoms with van der Waals surface area (Å²) >= 11 is 0. The molecule has 0 atom stereocenters. The lowest BCUT2D eigenvalue weighted by molar-refractivity contribution is 0.441. The van der Waals surface area contributed by atoms with Gasteiger partial charge in [0.15, 0.2) is 0 Å². The van der Waals surface area contributed by atoms with Gasteiger partial charge in [-0.2, -0.15) is 0 Å². The molecule has 0 aliphatic rings. The second-order valence-electron chi connectivity index (χ2n) is 4.19. The van der Waals surface area contributed by atoms with Crippen LogP contribution in [0.5, 0.6) is 11.8 Å². The first-order valence-electron chi connectivity index (χ1n) is 6.03. The Hall–Kier alpha value is -2.46. The first-order valence-corrected chi connectivity index (χ1v) is 6.03. The molecule has 0 saturated heterocycles. The molecule has 0 aliphatic carbocycles. The molecular formula is C15H13N3O. The first kappa shape index (κ1) is 11.6. The van der Waals surface area contributed by atoms with Gasteiger partial charge in [-0.25, -0.2) is 9.97 Å². The summed E-state index contributed by atoms with van der Waals surface area (Å²) in [6.07, 6.45) is 3.34. The molecule has 1 aromatic heterocycles. The maximum absolute atomic E-state index is 5.62. The van der Waals surface area contributed by atoms with Crippen LogP contribution in [0.3, 0.4) is 0 Å². The molecule has 3 rings (SSSR count). The number of hydrogen-bond donors (Lipinski definition) is 1. The van der Waals surface area contributed by atoms with Gasteiger partial charge in [-0.15, -0.1) is 0 Å². The van der Waals surface area contributed by atoms with Crippen LogP contribution >= 0.6 is 0 Å². The Morgan fingerprint density at radius 3 is 2.42 bits per heavy atom. The predicted molar refractivity (Wildman–Crippen MR) is 73.9 cm³/mol. The summed E-state index contributed by atoms with van der Waals surface area (Å²) in [5, 5.41) is 2.30. The van der Waals surface area contributed by atoms with Gasteiger partial charge in [-0.3, -0.25) is 0 Å². The summed E-state index contributed by atoms with van der Waals surface area (Å²) in [5.74, 6) is 0.721. The second kappa shape index (κ2) is 5.04. The Kier molecular flexibility index (Phi) is 3.08. The largest absolute Gasteiger partial charge is 0.424 e.